The highest BCUT2D eigenvalue weighted by Crippen LogP contribution is 2.10. The van der Waals surface area contributed by atoms with Gasteiger partial charge in [-0.05, 0) is 44.5 Å². The third-order valence-electron chi connectivity index (χ3n) is 3.60. The topological polar surface area (TPSA) is 27.3 Å². The molecule has 1 saturated heterocycles. The molecule has 0 aliphatic carbocycles. The van der Waals surface area contributed by atoms with Crippen molar-refractivity contribution in [3.63, 3.8) is 0 Å². The molecule has 1 unspecified atom stereocenters. The third-order valence-corrected chi connectivity index (χ3v) is 3.60. The van der Waals surface area contributed by atoms with Gasteiger partial charge in [-0.15, -0.1) is 0 Å². The van der Waals surface area contributed by atoms with Gasteiger partial charge in [-0.3, -0.25) is 0 Å². The van der Waals surface area contributed by atoms with Gasteiger partial charge in [0.1, 0.15) is 0 Å². The molecule has 100 valence electrons. The van der Waals surface area contributed by atoms with Gasteiger partial charge in [0.15, 0.2) is 0 Å². The van der Waals surface area contributed by atoms with E-state index < -0.39 is 0 Å². The van der Waals surface area contributed by atoms with E-state index in [1.165, 1.54) is 31.5 Å². The number of para-hydroxylation sites is 1. The monoisotopic (exact) mass is 247 g/mol. The number of benzene rings is 1. The fraction of sp³-hybridized carbons (Fsp3) is 0.600. The summed E-state index contributed by atoms with van der Waals surface area (Å²) in [5.41, 5.74) is 1.30. The van der Waals surface area contributed by atoms with Crippen molar-refractivity contribution in [3.05, 3.63) is 30.3 Å². The fourth-order valence-corrected chi connectivity index (χ4v) is 2.46. The molecule has 0 saturated carbocycles. The second-order valence-electron chi connectivity index (χ2n) is 5.11. The van der Waals surface area contributed by atoms with Crippen molar-refractivity contribution in [2.45, 2.75) is 25.3 Å². The minimum Gasteiger partial charge on any atom is -0.375 e. The molecule has 0 spiro atoms. The summed E-state index contributed by atoms with van der Waals surface area (Å²) in [6.07, 6.45) is 3.86. The van der Waals surface area contributed by atoms with Crippen molar-refractivity contribution in [2.24, 2.45) is 0 Å². The Hall–Kier alpha value is -1.06. The third kappa shape index (κ3) is 4.31. The van der Waals surface area contributed by atoms with E-state index in [0.717, 1.165) is 19.6 Å². The predicted molar refractivity (Wildman–Crippen MR) is 78.2 cm³/mol. The lowest BCUT2D eigenvalue weighted by Gasteiger charge is -2.19. The molecule has 0 aromatic heterocycles. The molecule has 0 amide bonds. The number of anilines is 1. The Morgan fingerprint density at radius 2 is 2.17 bits per heavy atom. The van der Waals surface area contributed by atoms with E-state index in [-0.39, 0.29) is 0 Å². The van der Waals surface area contributed by atoms with Crippen molar-refractivity contribution < 1.29 is 0 Å². The zero-order chi connectivity index (χ0) is 12.6. The maximum atomic E-state index is 3.54. The number of hydrogen-bond acceptors (Lipinski definition) is 3. The van der Waals surface area contributed by atoms with Crippen LogP contribution in [-0.2, 0) is 0 Å². The number of nitrogens with zero attached hydrogens (tertiary/aromatic N) is 1. The highest BCUT2D eigenvalue weighted by molar-refractivity contribution is 5.44. The van der Waals surface area contributed by atoms with Gasteiger partial charge in [-0.1, -0.05) is 18.2 Å². The van der Waals surface area contributed by atoms with Crippen LogP contribution in [0.25, 0.3) is 0 Å². The molecule has 2 N–H and O–H groups in total. The predicted octanol–water partition coefficient (Wildman–Crippen LogP) is 1.85. The first-order valence-electron chi connectivity index (χ1n) is 7.06. The van der Waals surface area contributed by atoms with Crippen LogP contribution in [0.15, 0.2) is 30.3 Å². The van der Waals surface area contributed by atoms with Crippen LogP contribution in [0.3, 0.4) is 0 Å². The zero-order valence-electron chi connectivity index (χ0n) is 11.4. The molecule has 1 aromatic rings. The van der Waals surface area contributed by atoms with Crippen LogP contribution < -0.4 is 15.5 Å². The second-order valence-corrected chi connectivity index (χ2v) is 5.11. The molecule has 3 heteroatoms. The quantitative estimate of drug-likeness (QED) is 0.720. The molecule has 1 heterocycles. The molecule has 1 aliphatic rings. The van der Waals surface area contributed by atoms with Gasteiger partial charge in [0.25, 0.3) is 0 Å². The van der Waals surface area contributed by atoms with Crippen LogP contribution in [0.5, 0.6) is 0 Å². The lowest BCUT2D eigenvalue weighted by molar-refractivity contribution is 0.529. The molecular weight excluding hydrogens is 222 g/mol. The van der Waals surface area contributed by atoms with E-state index in [0.29, 0.717) is 6.04 Å². The van der Waals surface area contributed by atoms with Crippen LogP contribution in [-0.4, -0.2) is 39.3 Å². The minimum atomic E-state index is 0.705. The summed E-state index contributed by atoms with van der Waals surface area (Å²) in [6.45, 7) is 4.53. The largest absolute Gasteiger partial charge is 0.375 e. The number of nitrogens with one attached hydrogen (secondary N) is 2. The Balaban J connectivity index is 1.55. The fourth-order valence-electron chi connectivity index (χ4n) is 2.46. The molecular formula is C15H25N3. The van der Waals surface area contributed by atoms with Crippen molar-refractivity contribution in [2.75, 3.05) is 38.1 Å². The van der Waals surface area contributed by atoms with Crippen molar-refractivity contribution in [1.29, 1.82) is 0 Å². The van der Waals surface area contributed by atoms with Crippen molar-refractivity contribution >= 4 is 5.69 Å². The minimum absolute atomic E-state index is 0.705. The molecule has 1 aromatic carbocycles. The van der Waals surface area contributed by atoms with Crippen LogP contribution in [0.4, 0.5) is 5.69 Å². The molecule has 18 heavy (non-hydrogen) atoms. The average molecular weight is 247 g/mol. The molecule has 1 atom stereocenters. The van der Waals surface area contributed by atoms with Crippen LogP contribution in [0, 0.1) is 0 Å². The van der Waals surface area contributed by atoms with E-state index in [1.54, 1.807) is 0 Å². The average Bonchev–Trinajstić information content (AvgIpc) is 2.92. The molecule has 2 rings (SSSR count). The van der Waals surface area contributed by atoms with Crippen molar-refractivity contribution in [1.82, 2.24) is 10.6 Å². The Labute approximate surface area is 111 Å². The molecule has 0 radical (unpaired) electrons. The first-order valence-corrected chi connectivity index (χ1v) is 7.06. The van der Waals surface area contributed by atoms with Crippen molar-refractivity contribution in [3.8, 4) is 0 Å². The SMILES string of the molecule is CN(CCCNCC1CCCN1)c1ccccc1. The van der Waals surface area contributed by atoms with E-state index >= 15 is 0 Å². The summed E-state index contributed by atoms with van der Waals surface area (Å²) >= 11 is 0. The molecule has 3 nitrogen and oxygen atoms in total. The first kappa shape index (κ1) is 13.4. The number of hydrogen-bond donors (Lipinski definition) is 2. The van der Waals surface area contributed by atoms with E-state index in [1.807, 2.05) is 0 Å². The number of rotatable bonds is 7. The standard InChI is InChI=1S/C15H25N3/c1-18(15-8-3-2-4-9-15)12-6-10-16-13-14-7-5-11-17-14/h2-4,8-9,14,16-17H,5-7,10-13H2,1H3. The molecule has 0 bridgehead atoms. The van der Waals surface area contributed by atoms with Gasteiger partial charge in [0, 0.05) is 31.9 Å². The van der Waals surface area contributed by atoms with Gasteiger partial charge >= 0.3 is 0 Å². The smallest absolute Gasteiger partial charge is 0.0363 e. The summed E-state index contributed by atoms with van der Waals surface area (Å²) in [5, 5.41) is 7.05. The van der Waals surface area contributed by atoms with Gasteiger partial charge in [-0.2, -0.15) is 0 Å². The summed E-state index contributed by atoms with van der Waals surface area (Å²) in [7, 11) is 2.16. The van der Waals surface area contributed by atoms with E-state index in [9.17, 15) is 0 Å². The van der Waals surface area contributed by atoms with E-state index in [2.05, 4.69) is 52.9 Å². The summed E-state index contributed by atoms with van der Waals surface area (Å²) in [6, 6.07) is 11.3. The Bertz CT molecular complexity index is 320. The van der Waals surface area contributed by atoms with E-state index in [4.69, 9.17) is 0 Å². The lowest BCUT2D eigenvalue weighted by atomic mass is 10.2. The maximum Gasteiger partial charge on any atom is 0.0363 e. The van der Waals surface area contributed by atoms with Crippen LogP contribution in [0.1, 0.15) is 19.3 Å². The van der Waals surface area contributed by atoms with Gasteiger partial charge < -0.3 is 15.5 Å². The summed E-state index contributed by atoms with van der Waals surface area (Å²) in [4.78, 5) is 2.31. The molecule has 1 aliphatic heterocycles. The Kier molecular flexibility index (Phi) is 5.49. The highest BCUT2D eigenvalue weighted by atomic mass is 15.1. The zero-order valence-corrected chi connectivity index (χ0v) is 11.4. The normalized spacial score (nSPS) is 19.1. The van der Waals surface area contributed by atoms with Crippen LogP contribution in [0.2, 0.25) is 0 Å². The lowest BCUT2D eigenvalue weighted by Crippen LogP contribution is -2.35. The highest BCUT2D eigenvalue weighted by Gasteiger charge is 2.12. The van der Waals surface area contributed by atoms with Crippen LogP contribution >= 0.6 is 0 Å². The molecule has 1 fully saturated rings. The van der Waals surface area contributed by atoms with Gasteiger partial charge in [0.2, 0.25) is 0 Å². The Morgan fingerprint density at radius 1 is 1.33 bits per heavy atom. The van der Waals surface area contributed by atoms with Gasteiger partial charge in [-0.25, -0.2) is 0 Å². The summed E-state index contributed by atoms with van der Waals surface area (Å²) < 4.78 is 0. The second kappa shape index (κ2) is 7.39. The Morgan fingerprint density at radius 3 is 2.89 bits per heavy atom. The first-order chi connectivity index (χ1) is 8.86. The summed E-state index contributed by atoms with van der Waals surface area (Å²) in [5.74, 6) is 0. The maximum absolute atomic E-state index is 3.54. The van der Waals surface area contributed by atoms with Gasteiger partial charge in [0.05, 0.1) is 0 Å².